The molecule has 0 spiro atoms. The number of hydrogen-bond donors (Lipinski definition) is 0. The normalized spacial score (nSPS) is 20.3. The number of rotatable bonds is 4. The van der Waals surface area contributed by atoms with Gasteiger partial charge in [0, 0.05) is 12.3 Å². The summed E-state index contributed by atoms with van der Waals surface area (Å²) >= 11 is 0. The Bertz CT molecular complexity index is 417. The van der Waals surface area contributed by atoms with Crippen LogP contribution in [0.25, 0.3) is 6.08 Å². The lowest BCUT2D eigenvalue weighted by atomic mass is 9.85. The molecule has 1 atom stereocenters. The summed E-state index contributed by atoms with van der Waals surface area (Å²) in [6.07, 6.45) is 9.21. The van der Waals surface area contributed by atoms with Gasteiger partial charge in [-0.1, -0.05) is 30.7 Å². The topological polar surface area (TPSA) is 26.3 Å². The lowest BCUT2D eigenvalue weighted by Gasteiger charge is -2.18. The van der Waals surface area contributed by atoms with Crippen LogP contribution in [0.2, 0.25) is 0 Å². The van der Waals surface area contributed by atoms with E-state index < -0.39 is 0 Å². The third kappa shape index (κ3) is 3.46. The minimum atomic E-state index is 0.258. The molecule has 1 saturated carbocycles. The fourth-order valence-corrected chi connectivity index (χ4v) is 2.39. The van der Waals surface area contributed by atoms with E-state index in [2.05, 4.69) is 12.2 Å². The van der Waals surface area contributed by atoms with E-state index in [4.69, 9.17) is 4.74 Å². The Kier molecular flexibility index (Phi) is 4.57. The summed E-state index contributed by atoms with van der Waals surface area (Å²) in [4.78, 5) is 11.7. The number of Topliss-reactive ketones (excluding diaryl/α,β-unsaturated/α-hetero) is 1. The van der Waals surface area contributed by atoms with Crippen molar-refractivity contribution in [2.75, 3.05) is 7.11 Å². The molecular weight excluding hydrogens is 224 g/mol. The van der Waals surface area contributed by atoms with E-state index in [1.165, 1.54) is 6.42 Å². The molecule has 1 aliphatic rings. The summed E-state index contributed by atoms with van der Waals surface area (Å²) in [6.45, 7) is 0. The van der Waals surface area contributed by atoms with E-state index >= 15 is 0 Å². The number of benzene rings is 1. The van der Waals surface area contributed by atoms with Gasteiger partial charge in [0.25, 0.3) is 0 Å². The minimum absolute atomic E-state index is 0.258. The second-order valence-electron chi connectivity index (χ2n) is 4.82. The summed E-state index contributed by atoms with van der Waals surface area (Å²) in [5, 5.41) is 0. The molecule has 0 amide bonds. The van der Waals surface area contributed by atoms with Gasteiger partial charge >= 0.3 is 0 Å². The Morgan fingerprint density at radius 2 is 2.06 bits per heavy atom. The second kappa shape index (κ2) is 6.39. The van der Waals surface area contributed by atoms with Crippen molar-refractivity contribution in [1.29, 1.82) is 0 Å². The van der Waals surface area contributed by atoms with E-state index in [0.29, 0.717) is 5.78 Å². The molecule has 2 heteroatoms. The first kappa shape index (κ1) is 12.9. The molecule has 1 aromatic carbocycles. The number of carbonyl (C=O) groups excluding carboxylic acids is 1. The van der Waals surface area contributed by atoms with Crippen LogP contribution in [-0.4, -0.2) is 12.9 Å². The monoisotopic (exact) mass is 244 g/mol. The number of ether oxygens (including phenoxy) is 1. The SMILES string of the molecule is COc1ccc(/C=C/C[C@H]2CCCCC2=O)cc1. The van der Waals surface area contributed by atoms with Crippen molar-refractivity contribution in [3.63, 3.8) is 0 Å². The smallest absolute Gasteiger partial charge is 0.136 e. The maximum Gasteiger partial charge on any atom is 0.136 e. The van der Waals surface area contributed by atoms with Crippen molar-refractivity contribution in [1.82, 2.24) is 0 Å². The number of carbonyl (C=O) groups is 1. The van der Waals surface area contributed by atoms with Crippen LogP contribution in [0.5, 0.6) is 5.75 Å². The number of ketones is 1. The van der Waals surface area contributed by atoms with Gasteiger partial charge in [-0.15, -0.1) is 0 Å². The molecule has 0 heterocycles. The zero-order chi connectivity index (χ0) is 12.8. The van der Waals surface area contributed by atoms with Crippen molar-refractivity contribution < 1.29 is 9.53 Å². The first-order valence-electron chi connectivity index (χ1n) is 6.63. The van der Waals surface area contributed by atoms with Gasteiger partial charge in [-0.2, -0.15) is 0 Å². The molecule has 96 valence electrons. The third-order valence-electron chi connectivity index (χ3n) is 3.53. The molecule has 1 aromatic rings. The molecule has 1 fully saturated rings. The molecule has 0 N–H and O–H groups in total. The molecule has 2 nitrogen and oxygen atoms in total. The standard InChI is InChI=1S/C16H20O2/c1-18-15-11-9-13(10-12-15)5-4-7-14-6-2-3-8-16(14)17/h4-5,9-12,14H,2-3,6-8H2,1H3/b5-4+/t14-/m1/s1. The van der Waals surface area contributed by atoms with Gasteiger partial charge < -0.3 is 4.74 Å². The lowest BCUT2D eigenvalue weighted by Crippen LogP contribution is -2.17. The van der Waals surface area contributed by atoms with Gasteiger partial charge in [0.1, 0.15) is 11.5 Å². The fourth-order valence-electron chi connectivity index (χ4n) is 2.39. The molecule has 1 aliphatic carbocycles. The third-order valence-corrected chi connectivity index (χ3v) is 3.53. The molecule has 0 bridgehead atoms. The Morgan fingerprint density at radius 1 is 1.28 bits per heavy atom. The zero-order valence-electron chi connectivity index (χ0n) is 10.9. The summed E-state index contributed by atoms with van der Waals surface area (Å²) < 4.78 is 5.11. The van der Waals surface area contributed by atoms with Crippen LogP contribution in [0, 0.1) is 5.92 Å². The van der Waals surface area contributed by atoms with Gasteiger partial charge in [0.15, 0.2) is 0 Å². The highest BCUT2D eigenvalue weighted by Gasteiger charge is 2.20. The summed E-state index contributed by atoms with van der Waals surface area (Å²) in [5.41, 5.74) is 1.15. The first-order chi connectivity index (χ1) is 8.79. The Hall–Kier alpha value is -1.57. The minimum Gasteiger partial charge on any atom is -0.497 e. The molecule has 2 rings (SSSR count). The molecule has 0 aliphatic heterocycles. The lowest BCUT2D eigenvalue weighted by molar-refractivity contribution is -0.124. The van der Waals surface area contributed by atoms with Gasteiger partial charge in [-0.3, -0.25) is 4.79 Å². The molecule has 0 aromatic heterocycles. The average Bonchev–Trinajstić information content (AvgIpc) is 2.42. The van der Waals surface area contributed by atoms with Crippen LogP contribution in [0.1, 0.15) is 37.7 Å². The highest BCUT2D eigenvalue weighted by atomic mass is 16.5. The summed E-state index contributed by atoms with van der Waals surface area (Å²) in [7, 11) is 1.67. The summed E-state index contributed by atoms with van der Waals surface area (Å²) in [5.74, 6) is 1.57. The maximum absolute atomic E-state index is 11.7. The quantitative estimate of drug-likeness (QED) is 0.804. The highest BCUT2D eigenvalue weighted by Crippen LogP contribution is 2.24. The molecule has 0 saturated heterocycles. The number of allylic oxidation sites excluding steroid dienone is 1. The predicted octanol–water partition coefficient (Wildman–Crippen LogP) is 3.86. The van der Waals surface area contributed by atoms with E-state index in [0.717, 1.165) is 37.0 Å². The maximum atomic E-state index is 11.7. The second-order valence-corrected chi connectivity index (χ2v) is 4.82. The van der Waals surface area contributed by atoms with Gasteiger partial charge in [0.2, 0.25) is 0 Å². The van der Waals surface area contributed by atoms with Gasteiger partial charge in [0.05, 0.1) is 7.11 Å². The van der Waals surface area contributed by atoms with Crippen molar-refractivity contribution in [2.24, 2.45) is 5.92 Å². The van der Waals surface area contributed by atoms with Crippen molar-refractivity contribution >= 4 is 11.9 Å². The van der Waals surface area contributed by atoms with E-state index in [9.17, 15) is 4.79 Å². The van der Waals surface area contributed by atoms with E-state index in [1.807, 2.05) is 24.3 Å². The van der Waals surface area contributed by atoms with Crippen LogP contribution in [0.15, 0.2) is 30.3 Å². The largest absolute Gasteiger partial charge is 0.497 e. The van der Waals surface area contributed by atoms with Crippen LogP contribution >= 0.6 is 0 Å². The predicted molar refractivity (Wildman–Crippen MR) is 73.6 cm³/mol. The van der Waals surface area contributed by atoms with Gasteiger partial charge in [-0.25, -0.2) is 0 Å². The molecule has 0 unspecified atom stereocenters. The van der Waals surface area contributed by atoms with Crippen LogP contribution in [-0.2, 0) is 4.79 Å². The van der Waals surface area contributed by atoms with E-state index in [-0.39, 0.29) is 5.92 Å². The van der Waals surface area contributed by atoms with Crippen molar-refractivity contribution in [3.05, 3.63) is 35.9 Å². The zero-order valence-corrected chi connectivity index (χ0v) is 10.9. The summed E-state index contributed by atoms with van der Waals surface area (Å²) in [6, 6.07) is 7.95. The number of hydrogen-bond acceptors (Lipinski definition) is 2. The fraction of sp³-hybridized carbons (Fsp3) is 0.438. The average molecular weight is 244 g/mol. The molecular formula is C16H20O2. The van der Waals surface area contributed by atoms with E-state index in [1.54, 1.807) is 7.11 Å². The Morgan fingerprint density at radius 3 is 2.72 bits per heavy atom. The van der Waals surface area contributed by atoms with Crippen LogP contribution < -0.4 is 4.74 Å². The first-order valence-corrected chi connectivity index (χ1v) is 6.63. The van der Waals surface area contributed by atoms with Crippen molar-refractivity contribution in [3.8, 4) is 5.75 Å². The van der Waals surface area contributed by atoms with Crippen molar-refractivity contribution in [2.45, 2.75) is 32.1 Å². The van der Waals surface area contributed by atoms with Crippen LogP contribution in [0.4, 0.5) is 0 Å². The molecule has 18 heavy (non-hydrogen) atoms. The Labute approximate surface area is 109 Å². The molecule has 0 radical (unpaired) electrons. The van der Waals surface area contributed by atoms with Crippen LogP contribution in [0.3, 0.4) is 0 Å². The Balaban J connectivity index is 1.88. The highest BCUT2D eigenvalue weighted by molar-refractivity contribution is 5.81. The van der Waals surface area contributed by atoms with Gasteiger partial charge in [-0.05, 0) is 37.0 Å². The number of methoxy groups -OCH3 is 1.